The van der Waals surface area contributed by atoms with Crippen molar-refractivity contribution in [1.29, 1.82) is 0 Å². The maximum Gasteiger partial charge on any atom is 0.293 e. The van der Waals surface area contributed by atoms with Gasteiger partial charge in [-0.15, -0.1) is 0 Å². The van der Waals surface area contributed by atoms with E-state index in [2.05, 4.69) is 17.9 Å². The smallest absolute Gasteiger partial charge is 0.293 e. The molecule has 0 amide bonds. The molecule has 0 aromatic heterocycles. The zero-order valence-electron chi connectivity index (χ0n) is 8.08. The molecule has 0 heterocycles. The Bertz CT molecular complexity index is 214. The molecule has 0 saturated carbocycles. The summed E-state index contributed by atoms with van der Waals surface area (Å²) in [6, 6.07) is 0. The first-order chi connectivity index (χ1) is 6.20. The van der Waals surface area contributed by atoms with E-state index in [0.29, 0.717) is 13.1 Å². The molecule has 0 radical (unpaired) electrons. The summed E-state index contributed by atoms with van der Waals surface area (Å²) >= 11 is 0. The van der Waals surface area contributed by atoms with Gasteiger partial charge in [-0.05, 0) is 25.3 Å². The lowest BCUT2D eigenvalue weighted by atomic mass is 10.1. The fourth-order valence-corrected chi connectivity index (χ4v) is 0.830. The molecule has 2 nitrogen and oxygen atoms in total. The zero-order valence-corrected chi connectivity index (χ0v) is 8.08. The number of carbonyl (C=O) groups excluding carboxylic acids is 1. The van der Waals surface area contributed by atoms with Crippen molar-refractivity contribution in [2.75, 3.05) is 6.61 Å². The Morgan fingerprint density at radius 2 is 2.23 bits per heavy atom. The summed E-state index contributed by atoms with van der Waals surface area (Å²) in [5.74, 6) is 0. The van der Waals surface area contributed by atoms with Crippen molar-refractivity contribution in [2.45, 2.75) is 19.8 Å². The van der Waals surface area contributed by atoms with Crippen molar-refractivity contribution in [3.8, 4) is 0 Å². The third-order valence-corrected chi connectivity index (χ3v) is 1.63. The molecule has 0 aliphatic carbocycles. The van der Waals surface area contributed by atoms with E-state index in [4.69, 9.17) is 0 Å². The number of ether oxygens (including phenoxy) is 1. The van der Waals surface area contributed by atoms with Crippen molar-refractivity contribution in [2.24, 2.45) is 0 Å². The van der Waals surface area contributed by atoms with Gasteiger partial charge < -0.3 is 4.74 Å². The number of hydrogen-bond donors (Lipinski definition) is 0. The third kappa shape index (κ3) is 7.06. The van der Waals surface area contributed by atoms with Gasteiger partial charge in [-0.25, -0.2) is 0 Å². The van der Waals surface area contributed by atoms with E-state index in [-0.39, 0.29) is 0 Å². The Hall–Kier alpha value is -1.31. The molecule has 0 unspecified atom stereocenters. The molecule has 0 fully saturated rings. The predicted molar refractivity (Wildman–Crippen MR) is 54.3 cm³/mol. The number of hydrogen-bond acceptors (Lipinski definition) is 2. The van der Waals surface area contributed by atoms with Crippen LogP contribution in [0.4, 0.5) is 0 Å². The monoisotopic (exact) mass is 180 g/mol. The van der Waals surface area contributed by atoms with Gasteiger partial charge in [-0.1, -0.05) is 30.9 Å². The molecule has 0 aliphatic rings. The lowest BCUT2D eigenvalue weighted by molar-refractivity contribution is -0.127. The molecule has 0 aromatic carbocycles. The van der Waals surface area contributed by atoms with Crippen molar-refractivity contribution >= 4 is 6.47 Å². The minimum absolute atomic E-state index is 0.379. The lowest BCUT2D eigenvalue weighted by Crippen LogP contribution is -1.92. The molecule has 0 saturated heterocycles. The van der Waals surface area contributed by atoms with E-state index in [1.165, 1.54) is 0 Å². The molecule has 0 rings (SSSR count). The first-order valence-electron chi connectivity index (χ1n) is 4.21. The van der Waals surface area contributed by atoms with Crippen LogP contribution in [0.25, 0.3) is 0 Å². The summed E-state index contributed by atoms with van der Waals surface area (Å²) in [6.07, 6.45) is 5.62. The van der Waals surface area contributed by atoms with Gasteiger partial charge in [0, 0.05) is 0 Å². The molecule has 72 valence electrons. The van der Waals surface area contributed by atoms with Crippen molar-refractivity contribution in [1.82, 2.24) is 0 Å². The summed E-state index contributed by atoms with van der Waals surface area (Å²) in [5.41, 5.74) is 2.09. The predicted octanol–water partition coefficient (Wildman–Crippen LogP) is 2.63. The van der Waals surface area contributed by atoms with Gasteiger partial charge in [0.1, 0.15) is 6.61 Å². The lowest BCUT2D eigenvalue weighted by Gasteiger charge is -1.99. The fraction of sp³-hybridized carbons (Fsp3) is 0.364. The summed E-state index contributed by atoms with van der Waals surface area (Å²) in [7, 11) is 0. The largest absolute Gasteiger partial charge is 0.463 e. The second-order valence-electron chi connectivity index (χ2n) is 2.86. The van der Waals surface area contributed by atoms with Gasteiger partial charge in [-0.3, -0.25) is 4.79 Å². The van der Waals surface area contributed by atoms with E-state index < -0.39 is 0 Å². The van der Waals surface area contributed by atoms with E-state index in [1.807, 2.05) is 13.0 Å². The molecule has 13 heavy (non-hydrogen) atoms. The number of carbonyl (C=O) groups is 1. The van der Waals surface area contributed by atoms with Gasteiger partial charge in [0.25, 0.3) is 6.47 Å². The minimum Gasteiger partial charge on any atom is -0.463 e. The number of allylic oxidation sites excluding steroid dienone is 3. The standard InChI is InChI=1S/C11H16O2/c1-4-10(2)6-5-7-11(3)8-13-9-12/h4,7,9H,1-2,5-6,8H2,3H3/b11-7+. The Morgan fingerprint density at radius 1 is 1.54 bits per heavy atom. The second-order valence-corrected chi connectivity index (χ2v) is 2.86. The Balaban J connectivity index is 3.63. The van der Waals surface area contributed by atoms with Gasteiger partial charge >= 0.3 is 0 Å². The van der Waals surface area contributed by atoms with Gasteiger partial charge in [0.05, 0.1) is 0 Å². The highest BCUT2D eigenvalue weighted by molar-refractivity contribution is 5.37. The van der Waals surface area contributed by atoms with E-state index in [0.717, 1.165) is 24.0 Å². The Kier molecular flexibility index (Phi) is 6.60. The van der Waals surface area contributed by atoms with Crippen LogP contribution in [-0.2, 0) is 9.53 Å². The number of rotatable bonds is 7. The van der Waals surface area contributed by atoms with Crippen LogP contribution in [-0.4, -0.2) is 13.1 Å². The van der Waals surface area contributed by atoms with E-state index in [9.17, 15) is 4.79 Å². The molecule has 0 bridgehead atoms. The average molecular weight is 180 g/mol. The minimum atomic E-state index is 0.379. The van der Waals surface area contributed by atoms with Crippen molar-refractivity contribution in [3.63, 3.8) is 0 Å². The quantitative estimate of drug-likeness (QED) is 0.342. The molecule has 0 N–H and O–H groups in total. The second kappa shape index (κ2) is 7.35. The van der Waals surface area contributed by atoms with Crippen LogP contribution in [0.1, 0.15) is 19.8 Å². The molecular formula is C11H16O2. The summed E-state index contributed by atoms with van der Waals surface area (Å²) in [4.78, 5) is 9.86. The normalized spacial score (nSPS) is 10.7. The topological polar surface area (TPSA) is 26.3 Å². The molecule has 0 aromatic rings. The summed E-state index contributed by atoms with van der Waals surface area (Å²) < 4.78 is 4.59. The SMILES string of the molecule is C=CC(=C)CC/C=C(\C)COC=O. The highest BCUT2D eigenvalue weighted by atomic mass is 16.5. The van der Waals surface area contributed by atoms with Crippen LogP contribution in [0.2, 0.25) is 0 Å². The molecule has 0 atom stereocenters. The van der Waals surface area contributed by atoms with E-state index >= 15 is 0 Å². The van der Waals surface area contributed by atoms with Crippen LogP contribution in [0.5, 0.6) is 0 Å². The highest BCUT2D eigenvalue weighted by Crippen LogP contribution is 2.05. The van der Waals surface area contributed by atoms with Crippen molar-refractivity contribution < 1.29 is 9.53 Å². The van der Waals surface area contributed by atoms with Crippen LogP contribution < -0.4 is 0 Å². The van der Waals surface area contributed by atoms with Crippen LogP contribution >= 0.6 is 0 Å². The molecule has 0 spiro atoms. The first kappa shape index (κ1) is 11.7. The Morgan fingerprint density at radius 3 is 2.77 bits per heavy atom. The first-order valence-corrected chi connectivity index (χ1v) is 4.21. The Labute approximate surface area is 79.6 Å². The van der Waals surface area contributed by atoms with Crippen LogP contribution in [0, 0.1) is 0 Å². The summed E-state index contributed by atoms with van der Waals surface area (Å²) in [5, 5.41) is 0. The zero-order chi connectivity index (χ0) is 10.1. The molecular weight excluding hydrogens is 164 g/mol. The van der Waals surface area contributed by atoms with Crippen molar-refractivity contribution in [3.05, 3.63) is 36.5 Å². The summed E-state index contributed by atoms with van der Waals surface area (Å²) in [6.45, 7) is 10.2. The van der Waals surface area contributed by atoms with Crippen LogP contribution in [0.3, 0.4) is 0 Å². The van der Waals surface area contributed by atoms with Gasteiger partial charge in [-0.2, -0.15) is 0 Å². The highest BCUT2D eigenvalue weighted by Gasteiger charge is 1.90. The van der Waals surface area contributed by atoms with Gasteiger partial charge in [0.2, 0.25) is 0 Å². The third-order valence-electron chi connectivity index (χ3n) is 1.63. The average Bonchev–Trinajstić information content (AvgIpc) is 2.14. The molecule has 0 aliphatic heterocycles. The molecule has 2 heteroatoms. The van der Waals surface area contributed by atoms with E-state index in [1.54, 1.807) is 6.08 Å². The fourth-order valence-electron chi connectivity index (χ4n) is 0.830. The van der Waals surface area contributed by atoms with Gasteiger partial charge in [0.15, 0.2) is 0 Å². The maximum atomic E-state index is 9.86. The maximum absolute atomic E-state index is 9.86. The van der Waals surface area contributed by atoms with Crippen LogP contribution in [0.15, 0.2) is 36.5 Å².